The van der Waals surface area contributed by atoms with Crippen LogP contribution in [0.4, 0.5) is 26.3 Å². The molecule has 3 aromatic rings. The van der Waals surface area contributed by atoms with Gasteiger partial charge in [-0.1, -0.05) is 12.1 Å². The van der Waals surface area contributed by atoms with E-state index in [0.717, 1.165) is 32.0 Å². The number of piperidine rings is 2. The SMILES string of the molecule is [C-]#[N+]C1CCN(C2=NC(=O)C(=Cc3ccc4c(cnn4Cc4ccc(C(F)(F)F)cc4C(F)(F)F)c3)S2)CC1.[C-]#[N+]C1CCNCC1. The van der Waals surface area contributed by atoms with Crippen LogP contribution in [-0.4, -0.2) is 64.0 Å². The number of nitrogens with zero attached hydrogens (tertiary/aromatic N) is 6. The van der Waals surface area contributed by atoms with Crippen molar-refractivity contribution in [2.24, 2.45) is 4.99 Å². The minimum atomic E-state index is -4.97. The van der Waals surface area contributed by atoms with Gasteiger partial charge in [-0.05, 0) is 53.2 Å². The van der Waals surface area contributed by atoms with Gasteiger partial charge in [0, 0.05) is 57.2 Å². The Hall–Kier alpha value is -4.34. The van der Waals surface area contributed by atoms with Crippen LogP contribution in [0.25, 0.3) is 26.7 Å². The predicted octanol–water partition coefficient (Wildman–Crippen LogP) is 7.13. The van der Waals surface area contributed by atoms with E-state index in [1.165, 1.54) is 22.6 Å². The van der Waals surface area contributed by atoms with Crippen LogP contribution in [0.3, 0.4) is 0 Å². The summed E-state index contributed by atoms with van der Waals surface area (Å²) in [5, 5.41) is 8.53. The topological polar surface area (TPSA) is 71.2 Å². The molecule has 0 bridgehead atoms. The lowest BCUT2D eigenvalue weighted by molar-refractivity contribution is -0.143. The number of aliphatic imine (C=N–C) groups is 1. The number of amides is 1. The molecule has 2 saturated heterocycles. The van der Waals surface area contributed by atoms with Gasteiger partial charge in [-0.15, -0.1) is 0 Å². The monoisotopic (exact) mass is 673 g/mol. The molecule has 3 aliphatic rings. The van der Waals surface area contributed by atoms with Gasteiger partial charge in [0.1, 0.15) is 0 Å². The second kappa shape index (κ2) is 14.2. The van der Waals surface area contributed by atoms with Gasteiger partial charge in [0.05, 0.1) is 34.3 Å². The molecule has 15 heteroatoms. The average molecular weight is 674 g/mol. The standard InChI is InChI=1S/C26H19F6N5OS.C6H10N2/c1-33-19-6-8-36(9-7-19)24-35-23(38)22(39-24)11-15-2-5-21-17(10-15)13-34-37(21)14-16-3-4-18(25(27,28)29)12-20(16)26(30,31)32;1-7-6-2-4-8-5-3-6/h2-5,10-13,19H,6-9,14H2;6,8H,2-5H2. The van der Waals surface area contributed by atoms with Crippen LogP contribution in [0.15, 0.2) is 52.5 Å². The molecule has 0 unspecified atom stereocenters. The third-order valence-electron chi connectivity index (χ3n) is 8.04. The minimum absolute atomic E-state index is 0.00841. The molecule has 47 heavy (non-hydrogen) atoms. The number of nitrogens with one attached hydrogen (secondary N) is 1. The fraction of sp³-hybridized carbons (Fsp3) is 0.406. The number of hydrogen-bond donors (Lipinski definition) is 1. The van der Waals surface area contributed by atoms with Crippen LogP contribution in [0, 0.1) is 13.1 Å². The van der Waals surface area contributed by atoms with Gasteiger partial charge in [0.25, 0.3) is 5.91 Å². The highest BCUT2D eigenvalue weighted by atomic mass is 32.2. The molecule has 0 aliphatic carbocycles. The Labute approximate surface area is 271 Å². The second-order valence-corrected chi connectivity index (χ2v) is 12.3. The highest BCUT2D eigenvalue weighted by molar-refractivity contribution is 8.18. The summed E-state index contributed by atoms with van der Waals surface area (Å²) in [4.78, 5) is 26.1. The molecule has 8 nitrogen and oxygen atoms in total. The van der Waals surface area contributed by atoms with E-state index >= 15 is 0 Å². The first-order valence-electron chi connectivity index (χ1n) is 14.8. The Morgan fingerprint density at radius 3 is 2.23 bits per heavy atom. The van der Waals surface area contributed by atoms with Crippen molar-refractivity contribution in [3.8, 4) is 0 Å². The van der Waals surface area contributed by atoms with Crippen molar-refractivity contribution in [2.45, 2.75) is 56.7 Å². The van der Waals surface area contributed by atoms with Gasteiger partial charge in [-0.2, -0.15) is 36.4 Å². The second-order valence-electron chi connectivity index (χ2n) is 11.3. The summed E-state index contributed by atoms with van der Waals surface area (Å²) in [5.41, 5.74) is -1.94. The minimum Gasteiger partial charge on any atom is -0.350 e. The summed E-state index contributed by atoms with van der Waals surface area (Å²) < 4.78 is 80.9. The lowest BCUT2D eigenvalue weighted by Gasteiger charge is -2.27. The number of likely N-dealkylation sites (tertiary alicyclic amines) is 1. The van der Waals surface area contributed by atoms with Gasteiger partial charge in [-0.25, -0.2) is 13.1 Å². The number of thioether (sulfide) groups is 1. The summed E-state index contributed by atoms with van der Waals surface area (Å²) >= 11 is 1.25. The van der Waals surface area contributed by atoms with Crippen LogP contribution in [0.1, 0.15) is 47.9 Å². The smallest absolute Gasteiger partial charge is 0.350 e. The number of carbonyl (C=O) groups excluding carboxylic acids is 1. The number of alkyl halides is 6. The van der Waals surface area contributed by atoms with Gasteiger partial charge in [0.2, 0.25) is 12.1 Å². The Morgan fingerprint density at radius 2 is 1.62 bits per heavy atom. The zero-order valence-corrected chi connectivity index (χ0v) is 25.7. The summed E-state index contributed by atoms with van der Waals surface area (Å²) in [7, 11) is 0. The maximum absolute atomic E-state index is 13.6. The number of carbonyl (C=O) groups is 1. The number of halogens is 6. The van der Waals surface area contributed by atoms with E-state index in [0.29, 0.717) is 64.6 Å². The molecule has 2 fully saturated rings. The number of hydrogen-bond acceptors (Lipinski definition) is 5. The molecule has 3 aliphatic heterocycles. The van der Waals surface area contributed by atoms with E-state index < -0.39 is 23.5 Å². The van der Waals surface area contributed by atoms with Gasteiger partial charge >= 0.3 is 12.4 Å². The maximum atomic E-state index is 13.6. The highest BCUT2D eigenvalue weighted by Crippen LogP contribution is 2.38. The van der Waals surface area contributed by atoms with Crippen molar-refractivity contribution in [3.63, 3.8) is 0 Å². The lowest BCUT2D eigenvalue weighted by atomic mass is 10.0. The first-order valence-corrected chi connectivity index (χ1v) is 15.6. The molecule has 1 aromatic heterocycles. The van der Waals surface area contributed by atoms with Gasteiger partial charge in [-0.3, -0.25) is 9.48 Å². The molecule has 4 heterocycles. The third kappa shape index (κ3) is 8.34. The Bertz CT molecular complexity index is 1770. The number of rotatable bonds is 3. The first kappa shape index (κ1) is 34.0. The van der Waals surface area contributed by atoms with E-state index in [9.17, 15) is 31.1 Å². The van der Waals surface area contributed by atoms with Crippen LogP contribution in [-0.2, 0) is 23.7 Å². The Kier molecular flexibility index (Phi) is 10.3. The zero-order valence-electron chi connectivity index (χ0n) is 24.9. The Morgan fingerprint density at radius 1 is 0.936 bits per heavy atom. The molecule has 0 saturated carbocycles. The van der Waals surface area contributed by atoms with E-state index in [1.807, 2.05) is 4.90 Å². The van der Waals surface area contributed by atoms with Crippen molar-refractivity contribution in [2.75, 3.05) is 26.2 Å². The predicted molar refractivity (Wildman–Crippen MR) is 167 cm³/mol. The van der Waals surface area contributed by atoms with Gasteiger partial charge < -0.3 is 19.9 Å². The summed E-state index contributed by atoms with van der Waals surface area (Å²) in [6, 6.07) is 6.90. The van der Waals surface area contributed by atoms with Crippen molar-refractivity contribution < 1.29 is 31.1 Å². The molecule has 6 rings (SSSR count). The summed E-state index contributed by atoms with van der Waals surface area (Å²) in [5.74, 6) is -0.375. The largest absolute Gasteiger partial charge is 0.416 e. The van der Waals surface area contributed by atoms with E-state index in [-0.39, 0.29) is 30.1 Å². The lowest BCUT2D eigenvalue weighted by Crippen LogP contribution is -2.37. The van der Waals surface area contributed by atoms with E-state index in [4.69, 9.17) is 13.1 Å². The normalized spacial score (nSPS) is 18.9. The number of benzene rings is 2. The van der Waals surface area contributed by atoms with Crippen LogP contribution >= 0.6 is 11.8 Å². The van der Waals surface area contributed by atoms with Crippen molar-refractivity contribution >= 4 is 39.8 Å². The Balaban J connectivity index is 0.000000474. The van der Waals surface area contributed by atoms with E-state index in [1.54, 1.807) is 24.3 Å². The van der Waals surface area contributed by atoms with Crippen molar-refractivity contribution in [1.29, 1.82) is 0 Å². The van der Waals surface area contributed by atoms with Crippen LogP contribution in [0.2, 0.25) is 0 Å². The third-order valence-corrected chi connectivity index (χ3v) is 9.09. The molecule has 0 atom stereocenters. The first-order chi connectivity index (χ1) is 22.4. The molecule has 246 valence electrons. The van der Waals surface area contributed by atoms with E-state index in [2.05, 4.69) is 25.1 Å². The maximum Gasteiger partial charge on any atom is 0.416 e. The molecule has 1 N–H and O–H groups in total. The quantitative estimate of drug-likeness (QED) is 0.182. The summed E-state index contributed by atoms with van der Waals surface area (Å²) in [6.45, 7) is 16.8. The number of fused-ring (bicyclic) bond motifs is 1. The van der Waals surface area contributed by atoms with Gasteiger partial charge in [0.15, 0.2) is 5.17 Å². The van der Waals surface area contributed by atoms with Crippen molar-refractivity contribution in [3.05, 3.63) is 92.6 Å². The average Bonchev–Trinajstić information content (AvgIpc) is 3.63. The molecular weight excluding hydrogens is 644 g/mol. The number of aromatic nitrogens is 2. The fourth-order valence-corrected chi connectivity index (χ4v) is 6.41. The molecule has 0 radical (unpaired) electrons. The fourth-order valence-electron chi connectivity index (χ4n) is 5.44. The summed E-state index contributed by atoms with van der Waals surface area (Å²) in [6.07, 6.45) is -3.24. The zero-order chi connectivity index (χ0) is 33.8. The van der Waals surface area contributed by atoms with Crippen molar-refractivity contribution in [1.82, 2.24) is 20.0 Å². The highest BCUT2D eigenvalue weighted by Gasteiger charge is 2.38. The molecule has 2 aromatic carbocycles. The molecular formula is C32H29F6N7OS. The number of amidine groups is 1. The van der Waals surface area contributed by atoms with Crippen LogP contribution in [0.5, 0.6) is 0 Å². The molecule has 0 spiro atoms. The van der Waals surface area contributed by atoms with Crippen LogP contribution < -0.4 is 5.32 Å². The molecule has 1 amide bonds.